The molecule has 4 nitrogen and oxygen atoms in total. The maximum Gasteiger partial charge on any atom is 0.256 e. The summed E-state index contributed by atoms with van der Waals surface area (Å²) in [5, 5.41) is 27.4. The molecular formula is C17H13ClN4. The van der Waals surface area contributed by atoms with Gasteiger partial charge in [0.15, 0.2) is 0 Å². The van der Waals surface area contributed by atoms with E-state index in [0.717, 1.165) is 11.1 Å². The molecule has 5 heteroatoms. The molecule has 0 saturated carbocycles. The molecule has 22 heavy (non-hydrogen) atoms. The van der Waals surface area contributed by atoms with Crippen LogP contribution in [0.1, 0.15) is 11.1 Å². The number of hydrogen-bond donors (Lipinski definition) is 0. The Morgan fingerprint density at radius 2 is 1.77 bits per heavy atom. The minimum atomic E-state index is -1.54. The van der Waals surface area contributed by atoms with Crippen molar-refractivity contribution in [2.24, 2.45) is 10.2 Å². The minimum Gasteiger partial charge on any atom is -0.194 e. The second kappa shape index (κ2) is 6.85. The van der Waals surface area contributed by atoms with Gasteiger partial charge >= 0.3 is 0 Å². The molecule has 0 aromatic heterocycles. The third-order valence-corrected chi connectivity index (χ3v) is 3.33. The van der Waals surface area contributed by atoms with Crippen molar-refractivity contribution in [2.45, 2.75) is 18.9 Å². The average Bonchev–Trinajstić information content (AvgIpc) is 2.54. The summed E-state index contributed by atoms with van der Waals surface area (Å²) in [6.07, 6.45) is 0.159. The largest absolute Gasteiger partial charge is 0.256 e. The zero-order chi connectivity index (χ0) is 16.0. The summed E-state index contributed by atoms with van der Waals surface area (Å²) in [6, 6.07) is 18.3. The molecule has 0 unspecified atom stereocenters. The Hall–Kier alpha value is -2.69. The number of hydrogen-bond acceptors (Lipinski definition) is 4. The number of halogens is 1. The predicted octanol–water partition coefficient (Wildman–Crippen LogP) is 4.76. The first-order valence-electron chi connectivity index (χ1n) is 6.63. The summed E-state index contributed by atoms with van der Waals surface area (Å²) >= 11 is 5.83. The van der Waals surface area contributed by atoms with Crippen molar-refractivity contribution in [3.63, 3.8) is 0 Å². The molecule has 0 radical (unpaired) electrons. The van der Waals surface area contributed by atoms with Crippen LogP contribution in [0.5, 0.6) is 0 Å². The molecule has 0 N–H and O–H groups in total. The van der Waals surface area contributed by atoms with Gasteiger partial charge < -0.3 is 0 Å². The summed E-state index contributed by atoms with van der Waals surface area (Å²) in [7, 11) is 0. The Balaban J connectivity index is 2.27. The third-order valence-electron chi connectivity index (χ3n) is 3.08. The number of aryl methyl sites for hydroxylation is 1. The van der Waals surface area contributed by atoms with Gasteiger partial charge in [0.25, 0.3) is 5.54 Å². The van der Waals surface area contributed by atoms with Gasteiger partial charge in [-0.25, -0.2) is 0 Å². The van der Waals surface area contributed by atoms with Crippen molar-refractivity contribution >= 4 is 17.3 Å². The summed E-state index contributed by atoms with van der Waals surface area (Å²) < 4.78 is 0. The molecule has 0 spiro atoms. The molecule has 0 amide bonds. The van der Waals surface area contributed by atoms with Crippen LogP contribution in [0.2, 0.25) is 5.02 Å². The predicted molar refractivity (Wildman–Crippen MR) is 84.8 cm³/mol. The van der Waals surface area contributed by atoms with Crippen molar-refractivity contribution < 1.29 is 0 Å². The lowest BCUT2D eigenvalue weighted by Crippen LogP contribution is -2.24. The van der Waals surface area contributed by atoms with Gasteiger partial charge in [0.05, 0.1) is 5.69 Å². The first kappa shape index (κ1) is 15.7. The van der Waals surface area contributed by atoms with Crippen LogP contribution in [0, 0.1) is 29.6 Å². The molecule has 0 bridgehead atoms. The topological polar surface area (TPSA) is 72.3 Å². The van der Waals surface area contributed by atoms with E-state index in [1.165, 1.54) is 0 Å². The molecular weight excluding hydrogens is 296 g/mol. The van der Waals surface area contributed by atoms with Gasteiger partial charge in [-0.05, 0) is 42.3 Å². The second-order valence-corrected chi connectivity index (χ2v) is 5.36. The molecule has 0 aliphatic carbocycles. The second-order valence-electron chi connectivity index (χ2n) is 4.93. The lowest BCUT2D eigenvalue weighted by molar-refractivity contribution is 0.645. The zero-order valence-electron chi connectivity index (χ0n) is 12.0. The van der Waals surface area contributed by atoms with E-state index in [1.54, 1.807) is 30.3 Å². The van der Waals surface area contributed by atoms with Gasteiger partial charge in [-0.15, -0.1) is 0 Å². The van der Waals surface area contributed by atoms with Crippen molar-refractivity contribution in [3.8, 4) is 12.1 Å². The van der Waals surface area contributed by atoms with Crippen molar-refractivity contribution in [3.05, 3.63) is 64.7 Å². The van der Waals surface area contributed by atoms with E-state index in [-0.39, 0.29) is 6.42 Å². The highest BCUT2D eigenvalue weighted by Gasteiger charge is 2.30. The highest BCUT2D eigenvalue weighted by Crippen LogP contribution is 2.22. The minimum absolute atomic E-state index is 0.159. The van der Waals surface area contributed by atoms with Crippen LogP contribution in [-0.2, 0) is 6.42 Å². The maximum atomic E-state index is 9.37. The number of benzene rings is 2. The Kier molecular flexibility index (Phi) is 4.88. The Bertz CT molecular complexity index is 752. The molecule has 2 aromatic carbocycles. The van der Waals surface area contributed by atoms with E-state index in [9.17, 15) is 10.5 Å². The summed E-state index contributed by atoms with van der Waals surface area (Å²) in [5.74, 6) is 0. The van der Waals surface area contributed by atoms with Crippen LogP contribution in [-0.4, -0.2) is 5.54 Å². The SMILES string of the molecule is Cc1cccc(N=NC(C#N)(C#N)Cc2ccc(Cl)cc2)c1. The first-order chi connectivity index (χ1) is 10.6. The van der Waals surface area contributed by atoms with Crippen LogP contribution in [0.25, 0.3) is 0 Å². The normalized spacial score (nSPS) is 11.1. The van der Waals surface area contributed by atoms with Gasteiger partial charge in [-0.1, -0.05) is 35.9 Å². The third kappa shape index (κ3) is 3.91. The van der Waals surface area contributed by atoms with E-state index < -0.39 is 5.54 Å². The van der Waals surface area contributed by atoms with Gasteiger partial charge in [0, 0.05) is 11.4 Å². The van der Waals surface area contributed by atoms with E-state index in [2.05, 4.69) is 10.2 Å². The van der Waals surface area contributed by atoms with E-state index in [0.29, 0.717) is 10.7 Å². The van der Waals surface area contributed by atoms with Crippen LogP contribution < -0.4 is 0 Å². The van der Waals surface area contributed by atoms with Crippen LogP contribution in [0.4, 0.5) is 5.69 Å². The maximum absolute atomic E-state index is 9.37. The lowest BCUT2D eigenvalue weighted by Gasteiger charge is -2.12. The van der Waals surface area contributed by atoms with Gasteiger partial charge in [0.2, 0.25) is 0 Å². The van der Waals surface area contributed by atoms with E-state index >= 15 is 0 Å². The van der Waals surface area contributed by atoms with Gasteiger partial charge in [0.1, 0.15) is 12.1 Å². The monoisotopic (exact) mass is 308 g/mol. The fourth-order valence-electron chi connectivity index (χ4n) is 1.92. The highest BCUT2D eigenvalue weighted by molar-refractivity contribution is 6.30. The molecule has 0 atom stereocenters. The van der Waals surface area contributed by atoms with Crippen molar-refractivity contribution in [1.29, 1.82) is 10.5 Å². The van der Waals surface area contributed by atoms with Gasteiger partial charge in [-0.2, -0.15) is 20.8 Å². The molecule has 0 fully saturated rings. The lowest BCUT2D eigenvalue weighted by atomic mass is 9.95. The molecule has 2 aromatic rings. The van der Waals surface area contributed by atoms with E-state index in [1.807, 2.05) is 37.3 Å². The first-order valence-corrected chi connectivity index (χ1v) is 7.01. The summed E-state index contributed by atoms with van der Waals surface area (Å²) in [5.41, 5.74) is 0.910. The molecule has 2 rings (SSSR count). The molecule has 0 aliphatic rings. The number of rotatable bonds is 4. The Labute approximate surface area is 134 Å². The standard InChI is InChI=1S/C17H13ClN4/c1-13-3-2-4-16(9-13)21-22-17(11-19,12-20)10-14-5-7-15(18)8-6-14/h2-9H,10H2,1H3. The molecule has 0 saturated heterocycles. The number of nitrogens with zero attached hydrogens (tertiary/aromatic N) is 4. The smallest absolute Gasteiger partial charge is 0.194 e. The number of azo groups is 1. The zero-order valence-corrected chi connectivity index (χ0v) is 12.7. The number of nitriles is 2. The van der Waals surface area contributed by atoms with Crippen LogP contribution >= 0.6 is 11.6 Å². The van der Waals surface area contributed by atoms with Crippen LogP contribution in [0.15, 0.2) is 58.8 Å². The summed E-state index contributed by atoms with van der Waals surface area (Å²) in [6.45, 7) is 1.94. The van der Waals surface area contributed by atoms with Gasteiger partial charge in [-0.3, -0.25) is 0 Å². The molecule has 0 aliphatic heterocycles. The Morgan fingerprint density at radius 3 is 2.36 bits per heavy atom. The fourth-order valence-corrected chi connectivity index (χ4v) is 2.04. The molecule has 108 valence electrons. The highest BCUT2D eigenvalue weighted by atomic mass is 35.5. The van der Waals surface area contributed by atoms with E-state index in [4.69, 9.17) is 11.6 Å². The average molecular weight is 309 g/mol. The quantitative estimate of drug-likeness (QED) is 0.764. The molecule has 0 heterocycles. The summed E-state index contributed by atoms with van der Waals surface area (Å²) in [4.78, 5) is 0. The van der Waals surface area contributed by atoms with Crippen molar-refractivity contribution in [2.75, 3.05) is 0 Å². The van der Waals surface area contributed by atoms with Crippen molar-refractivity contribution in [1.82, 2.24) is 0 Å². The van der Waals surface area contributed by atoms with Crippen LogP contribution in [0.3, 0.4) is 0 Å². The Morgan fingerprint density at radius 1 is 1.09 bits per heavy atom. The fraction of sp³-hybridized carbons (Fsp3) is 0.176.